The zero-order valence-electron chi connectivity index (χ0n) is 4.26. The van der Waals surface area contributed by atoms with Crippen LogP contribution in [0.1, 0.15) is 0 Å². The van der Waals surface area contributed by atoms with Crippen molar-refractivity contribution in [1.82, 2.24) is 0 Å². The molecule has 42 valence electrons. The number of hydrogen-bond donors (Lipinski definition) is 0. The molecule has 1 rings (SSSR count). The van der Waals surface area contributed by atoms with Crippen LogP contribution in [0, 0.1) is 5.82 Å². The summed E-state index contributed by atoms with van der Waals surface area (Å²) < 4.78 is 13.1. The fraction of sp³-hybridized carbons (Fsp3) is 0. The monoisotopic (exact) mass is 172 g/mol. The van der Waals surface area contributed by atoms with Gasteiger partial charge in [0.1, 0.15) is 0 Å². The van der Waals surface area contributed by atoms with E-state index in [0.29, 0.717) is 0 Å². The zero-order valence-corrected chi connectivity index (χ0v) is 6.69. The van der Waals surface area contributed by atoms with E-state index in [9.17, 15) is 4.39 Å². The Morgan fingerprint density at radius 3 is 2.25 bits per heavy atom. The Morgan fingerprint density at radius 1 is 1.25 bits per heavy atom. The van der Waals surface area contributed by atoms with Crippen molar-refractivity contribution < 1.29 is 4.39 Å². The summed E-state index contributed by atoms with van der Waals surface area (Å²) in [6.45, 7) is 0. The average molecular weight is 172 g/mol. The Hall–Kier alpha value is -0.292. The van der Waals surface area contributed by atoms with Gasteiger partial charge in [0, 0.05) is 0 Å². The fourth-order valence-electron chi connectivity index (χ4n) is 0.475. The summed E-state index contributed by atoms with van der Waals surface area (Å²) in [6, 6.07) is 6.77. The minimum atomic E-state index is -0.104. The number of halogens is 1. The van der Waals surface area contributed by atoms with E-state index in [2.05, 4.69) is 0 Å². The predicted octanol–water partition coefficient (Wildman–Crippen LogP) is 0.0841. The molecule has 0 bridgehead atoms. The Kier molecular flexibility index (Phi) is 1.69. The van der Waals surface area contributed by atoms with Crippen LogP contribution in [0.5, 0.6) is 0 Å². The van der Waals surface area contributed by atoms with Crippen LogP contribution in [-0.4, -0.2) is 16.9 Å². The van der Waals surface area contributed by atoms with Crippen LogP contribution < -0.4 is 4.35 Å². The van der Waals surface area contributed by atoms with Gasteiger partial charge in [0.15, 0.2) is 0 Å². The van der Waals surface area contributed by atoms with E-state index < -0.39 is 0 Å². The Bertz CT molecular complexity index is 165. The summed E-state index contributed by atoms with van der Waals surface area (Å²) in [5.74, 6) is -0.104. The van der Waals surface area contributed by atoms with Crippen LogP contribution in [0.25, 0.3) is 0 Å². The van der Waals surface area contributed by atoms with Crippen molar-refractivity contribution in [3.8, 4) is 0 Å². The molecule has 0 aliphatic carbocycles. The number of rotatable bonds is 0. The van der Waals surface area contributed by atoms with Gasteiger partial charge < -0.3 is 0 Å². The van der Waals surface area contributed by atoms with Crippen molar-refractivity contribution in [3.63, 3.8) is 0 Å². The van der Waals surface area contributed by atoms with E-state index in [1.54, 1.807) is 12.1 Å². The molecule has 0 fully saturated rings. The van der Waals surface area contributed by atoms with Crippen molar-refractivity contribution in [2.24, 2.45) is 0 Å². The molecular formula is C6H6AsF. The first-order chi connectivity index (χ1) is 3.80. The summed E-state index contributed by atoms with van der Waals surface area (Å²) in [5.41, 5.74) is 0. The van der Waals surface area contributed by atoms with Crippen LogP contribution >= 0.6 is 0 Å². The van der Waals surface area contributed by atoms with Crippen molar-refractivity contribution >= 4 is 21.2 Å². The van der Waals surface area contributed by atoms with E-state index in [1.807, 2.05) is 6.07 Å². The molecule has 0 aliphatic heterocycles. The molecule has 8 heavy (non-hydrogen) atoms. The molecule has 0 nitrogen and oxygen atoms in total. The molecule has 1 atom stereocenters. The summed E-state index contributed by atoms with van der Waals surface area (Å²) in [5, 5.41) is 0. The molecule has 0 spiro atoms. The van der Waals surface area contributed by atoms with Gasteiger partial charge in [-0.25, -0.2) is 0 Å². The van der Waals surface area contributed by atoms with Crippen LogP contribution in [0.4, 0.5) is 4.39 Å². The second-order valence-corrected chi connectivity index (χ2v) is 2.83. The predicted molar refractivity (Wildman–Crippen MR) is 34.6 cm³/mol. The maximum absolute atomic E-state index is 12.3. The molecule has 0 aromatic heterocycles. The Morgan fingerprint density at radius 2 is 1.88 bits per heavy atom. The van der Waals surface area contributed by atoms with Gasteiger partial charge in [-0.05, 0) is 0 Å². The first-order valence-electron chi connectivity index (χ1n) is 2.31. The van der Waals surface area contributed by atoms with Crippen molar-refractivity contribution in [1.29, 1.82) is 0 Å². The second kappa shape index (κ2) is 2.32. The van der Waals surface area contributed by atoms with Crippen molar-refractivity contribution in [3.05, 3.63) is 30.1 Å². The van der Waals surface area contributed by atoms with Crippen molar-refractivity contribution in [2.75, 3.05) is 0 Å². The van der Waals surface area contributed by atoms with E-state index >= 15 is 0 Å². The first kappa shape index (κ1) is 5.84. The normalized spacial score (nSPS) is 9.25. The number of benzene rings is 1. The third kappa shape index (κ3) is 1.10. The van der Waals surface area contributed by atoms with E-state index in [-0.39, 0.29) is 5.82 Å². The van der Waals surface area contributed by atoms with Crippen LogP contribution in [0.2, 0.25) is 0 Å². The van der Waals surface area contributed by atoms with E-state index in [4.69, 9.17) is 0 Å². The fourth-order valence-corrected chi connectivity index (χ4v) is 0.910. The molecule has 0 saturated carbocycles. The molecule has 0 saturated heterocycles. The molecule has 1 aromatic carbocycles. The molecule has 0 aliphatic rings. The minimum absolute atomic E-state index is 0.104. The third-order valence-corrected chi connectivity index (χ3v) is 1.89. The summed E-state index contributed by atoms with van der Waals surface area (Å²) in [6.07, 6.45) is 0. The van der Waals surface area contributed by atoms with Gasteiger partial charge in [0.2, 0.25) is 0 Å². The maximum atomic E-state index is 12.3. The summed E-state index contributed by atoms with van der Waals surface area (Å²) >= 11 is 1.32. The van der Waals surface area contributed by atoms with Crippen LogP contribution in [-0.2, 0) is 0 Å². The first-order valence-corrected chi connectivity index (χ1v) is 3.52. The molecular weight excluding hydrogens is 166 g/mol. The van der Waals surface area contributed by atoms with Crippen LogP contribution in [0.15, 0.2) is 24.3 Å². The van der Waals surface area contributed by atoms with E-state index in [0.717, 1.165) is 4.35 Å². The molecule has 0 heterocycles. The van der Waals surface area contributed by atoms with Gasteiger partial charge in [0.05, 0.1) is 0 Å². The van der Waals surface area contributed by atoms with Gasteiger partial charge in [-0.3, -0.25) is 0 Å². The third-order valence-electron chi connectivity index (χ3n) is 0.905. The second-order valence-electron chi connectivity index (χ2n) is 1.52. The quantitative estimate of drug-likeness (QED) is 0.486. The Balaban J connectivity index is 3.13. The van der Waals surface area contributed by atoms with Gasteiger partial charge >= 0.3 is 55.7 Å². The SMILES string of the molecule is Fc1ccccc1[AsH2]. The average Bonchev–Trinajstić information content (AvgIpc) is 1.77. The molecule has 0 N–H and O–H groups in total. The standard InChI is InChI=1S/C6H6AsF/c7-5-3-1-2-4-6(5)8/h1-4H,7H2. The summed E-state index contributed by atoms with van der Waals surface area (Å²) in [4.78, 5) is 0. The number of hydrogen-bond acceptors (Lipinski definition) is 0. The van der Waals surface area contributed by atoms with Gasteiger partial charge in [-0.15, -0.1) is 0 Å². The zero-order chi connectivity index (χ0) is 5.98. The molecule has 0 radical (unpaired) electrons. The van der Waals surface area contributed by atoms with Crippen molar-refractivity contribution in [2.45, 2.75) is 0 Å². The van der Waals surface area contributed by atoms with Gasteiger partial charge in [0.25, 0.3) is 0 Å². The Labute approximate surface area is 56.2 Å². The molecule has 2 heteroatoms. The molecule has 1 unspecified atom stereocenters. The van der Waals surface area contributed by atoms with E-state index in [1.165, 1.54) is 22.9 Å². The molecule has 1 aromatic rings. The topological polar surface area (TPSA) is 0 Å². The van der Waals surface area contributed by atoms with Gasteiger partial charge in [-0.1, -0.05) is 0 Å². The van der Waals surface area contributed by atoms with Gasteiger partial charge in [-0.2, -0.15) is 0 Å². The molecule has 0 amide bonds. The summed E-state index contributed by atoms with van der Waals surface area (Å²) in [7, 11) is 0. The van der Waals surface area contributed by atoms with Crippen LogP contribution in [0.3, 0.4) is 0 Å².